The SMILES string of the molecule is CCOc1c(O[C@H]2OC[C@H](OC(C)=O)[C@@H](O)[C@@H]2O)c(C)cc2c1[C@@H](C)CC[C@@H]2[C@@H](C)CCC=C(C)C. The lowest BCUT2D eigenvalue weighted by atomic mass is 9.70. The van der Waals surface area contributed by atoms with E-state index in [1.54, 1.807) is 0 Å². The minimum atomic E-state index is -1.38. The van der Waals surface area contributed by atoms with Crippen LogP contribution in [-0.4, -0.2) is 54.0 Å². The number of aryl methyl sites for hydroxylation is 1. The number of aliphatic hydroxyl groups excluding tert-OH is 2. The molecule has 1 saturated heterocycles. The van der Waals surface area contributed by atoms with Gasteiger partial charge in [-0.15, -0.1) is 0 Å². The minimum absolute atomic E-state index is 0.0713. The number of carbonyl (C=O) groups excluding carboxylic acids is 1. The van der Waals surface area contributed by atoms with Gasteiger partial charge in [0, 0.05) is 12.5 Å². The Labute approximate surface area is 215 Å². The molecule has 0 radical (unpaired) electrons. The van der Waals surface area contributed by atoms with Gasteiger partial charge in [-0.2, -0.15) is 0 Å². The van der Waals surface area contributed by atoms with Crippen LogP contribution in [0.15, 0.2) is 17.7 Å². The van der Waals surface area contributed by atoms with Gasteiger partial charge >= 0.3 is 5.97 Å². The average Bonchev–Trinajstić information content (AvgIpc) is 2.80. The third-order valence-electron chi connectivity index (χ3n) is 7.43. The lowest BCUT2D eigenvalue weighted by Crippen LogP contribution is -2.56. The molecule has 0 saturated carbocycles. The molecule has 0 bridgehead atoms. The molecule has 7 atom stereocenters. The molecular formula is C29H44O7. The fraction of sp³-hybridized carbons (Fsp3) is 0.690. The highest BCUT2D eigenvalue weighted by Gasteiger charge is 2.43. The Bertz CT molecular complexity index is 936. The largest absolute Gasteiger partial charge is 0.490 e. The quantitative estimate of drug-likeness (QED) is 0.355. The topological polar surface area (TPSA) is 94.5 Å². The van der Waals surface area contributed by atoms with Crippen molar-refractivity contribution in [1.29, 1.82) is 0 Å². The van der Waals surface area contributed by atoms with Crippen molar-refractivity contribution in [2.45, 2.75) is 111 Å². The molecule has 7 nitrogen and oxygen atoms in total. The molecule has 0 amide bonds. The van der Waals surface area contributed by atoms with Gasteiger partial charge in [0.2, 0.25) is 6.29 Å². The summed E-state index contributed by atoms with van der Waals surface area (Å²) in [5.41, 5.74) is 4.76. The van der Waals surface area contributed by atoms with Crippen LogP contribution in [-0.2, 0) is 14.3 Å². The number of hydrogen-bond donors (Lipinski definition) is 2. The first-order valence-electron chi connectivity index (χ1n) is 13.3. The highest BCUT2D eigenvalue weighted by Crippen LogP contribution is 2.51. The van der Waals surface area contributed by atoms with E-state index in [2.05, 4.69) is 39.8 Å². The van der Waals surface area contributed by atoms with Gasteiger partial charge in [-0.25, -0.2) is 0 Å². The fourth-order valence-corrected chi connectivity index (χ4v) is 5.52. The van der Waals surface area contributed by atoms with Crippen molar-refractivity contribution in [3.8, 4) is 11.5 Å². The van der Waals surface area contributed by atoms with Crippen LogP contribution in [0.25, 0.3) is 0 Å². The zero-order chi connectivity index (χ0) is 26.6. The summed E-state index contributed by atoms with van der Waals surface area (Å²) in [6.45, 7) is 14.4. The number of hydrogen-bond acceptors (Lipinski definition) is 7. The number of rotatable bonds is 9. The summed E-state index contributed by atoms with van der Waals surface area (Å²) in [5.74, 6) is 1.97. The van der Waals surface area contributed by atoms with E-state index in [9.17, 15) is 15.0 Å². The maximum absolute atomic E-state index is 11.3. The summed E-state index contributed by atoms with van der Waals surface area (Å²) >= 11 is 0. The van der Waals surface area contributed by atoms with Gasteiger partial charge in [0.15, 0.2) is 17.6 Å². The van der Waals surface area contributed by atoms with Crippen molar-refractivity contribution in [2.24, 2.45) is 5.92 Å². The van der Waals surface area contributed by atoms with Crippen molar-refractivity contribution in [1.82, 2.24) is 0 Å². The third kappa shape index (κ3) is 6.42. The summed E-state index contributed by atoms with van der Waals surface area (Å²) in [7, 11) is 0. The number of benzene rings is 1. The van der Waals surface area contributed by atoms with E-state index in [1.807, 2.05) is 13.8 Å². The number of fused-ring (bicyclic) bond motifs is 1. The van der Waals surface area contributed by atoms with Crippen LogP contribution < -0.4 is 9.47 Å². The fourth-order valence-electron chi connectivity index (χ4n) is 5.52. The number of aliphatic hydroxyl groups is 2. The van der Waals surface area contributed by atoms with Crippen LogP contribution in [0.1, 0.15) is 95.8 Å². The van der Waals surface area contributed by atoms with Crippen molar-refractivity contribution in [3.63, 3.8) is 0 Å². The van der Waals surface area contributed by atoms with Gasteiger partial charge in [0.05, 0.1) is 13.2 Å². The van der Waals surface area contributed by atoms with E-state index >= 15 is 0 Å². The van der Waals surface area contributed by atoms with E-state index in [0.717, 1.165) is 31.2 Å². The second-order valence-corrected chi connectivity index (χ2v) is 10.7. The molecule has 1 aromatic carbocycles. The average molecular weight is 505 g/mol. The summed E-state index contributed by atoms with van der Waals surface area (Å²) in [5, 5.41) is 21.2. The van der Waals surface area contributed by atoms with Crippen molar-refractivity contribution >= 4 is 5.97 Å². The van der Waals surface area contributed by atoms with Crippen LogP contribution in [0.4, 0.5) is 0 Å². The molecule has 202 valence electrons. The normalized spacial score (nSPS) is 28.6. The lowest BCUT2D eigenvalue weighted by Gasteiger charge is -2.38. The van der Waals surface area contributed by atoms with Crippen molar-refractivity contribution in [3.05, 3.63) is 34.4 Å². The second kappa shape index (κ2) is 12.4. The van der Waals surface area contributed by atoms with E-state index in [1.165, 1.54) is 23.6 Å². The summed E-state index contributed by atoms with van der Waals surface area (Å²) < 4.78 is 23.2. The Kier molecular flexibility index (Phi) is 9.84. The molecule has 0 aromatic heterocycles. The molecule has 1 aliphatic heterocycles. The van der Waals surface area contributed by atoms with Gasteiger partial charge < -0.3 is 29.2 Å². The van der Waals surface area contributed by atoms with Gasteiger partial charge in [-0.1, -0.05) is 31.6 Å². The number of allylic oxidation sites excluding steroid dienone is 2. The predicted octanol–water partition coefficient (Wildman–Crippen LogP) is 5.15. The molecule has 1 aromatic rings. The van der Waals surface area contributed by atoms with E-state index in [-0.39, 0.29) is 6.61 Å². The number of esters is 1. The van der Waals surface area contributed by atoms with E-state index in [4.69, 9.17) is 18.9 Å². The number of ether oxygens (including phenoxy) is 4. The Hall–Kier alpha value is -2.09. The molecule has 1 heterocycles. The predicted molar refractivity (Wildman–Crippen MR) is 139 cm³/mol. The molecule has 2 aliphatic rings. The Morgan fingerprint density at radius 3 is 2.56 bits per heavy atom. The Balaban J connectivity index is 1.91. The van der Waals surface area contributed by atoms with Crippen LogP contribution in [0.5, 0.6) is 11.5 Å². The Morgan fingerprint density at radius 2 is 1.92 bits per heavy atom. The monoisotopic (exact) mass is 504 g/mol. The van der Waals surface area contributed by atoms with Crippen LogP contribution in [0.2, 0.25) is 0 Å². The number of carbonyl (C=O) groups is 1. The highest BCUT2D eigenvalue weighted by molar-refractivity contribution is 5.66. The maximum Gasteiger partial charge on any atom is 0.303 e. The summed E-state index contributed by atoms with van der Waals surface area (Å²) in [6, 6.07) is 2.21. The molecule has 1 fully saturated rings. The Morgan fingerprint density at radius 1 is 1.19 bits per heavy atom. The highest BCUT2D eigenvalue weighted by atomic mass is 16.7. The van der Waals surface area contributed by atoms with Gasteiger partial charge in [0.1, 0.15) is 12.2 Å². The molecule has 0 unspecified atom stereocenters. The molecular weight excluding hydrogens is 460 g/mol. The van der Waals surface area contributed by atoms with Crippen molar-refractivity contribution < 1.29 is 34.0 Å². The maximum atomic E-state index is 11.3. The van der Waals surface area contributed by atoms with Crippen LogP contribution in [0, 0.1) is 12.8 Å². The molecule has 0 spiro atoms. The minimum Gasteiger partial charge on any atom is -0.490 e. The summed E-state index contributed by atoms with van der Waals surface area (Å²) in [6.07, 6.45) is 1.99. The first-order valence-corrected chi connectivity index (χ1v) is 13.3. The molecule has 3 rings (SSSR count). The zero-order valence-corrected chi connectivity index (χ0v) is 22.9. The van der Waals surface area contributed by atoms with E-state index in [0.29, 0.717) is 35.9 Å². The first-order chi connectivity index (χ1) is 17.0. The summed E-state index contributed by atoms with van der Waals surface area (Å²) in [4.78, 5) is 11.3. The van der Waals surface area contributed by atoms with Gasteiger partial charge in [0.25, 0.3) is 0 Å². The molecule has 36 heavy (non-hydrogen) atoms. The van der Waals surface area contributed by atoms with Crippen LogP contribution in [0.3, 0.4) is 0 Å². The molecule has 7 heteroatoms. The zero-order valence-electron chi connectivity index (χ0n) is 22.9. The van der Waals surface area contributed by atoms with E-state index < -0.39 is 30.6 Å². The molecule has 1 aliphatic carbocycles. The smallest absolute Gasteiger partial charge is 0.303 e. The standard InChI is InChI=1S/C29H44O7/c1-8-33-28-24-18(5)12-13-21(17(4)11-9-10-16(2)3)22(24)14-19(6)27(28)36-29-26(32)25(31)23(15-34-29)35-20(7)30/h10,14,17-18,21,23,25-26,29,31-32H,8-9,11-13,15H2,1-7H3/t17-,18-,21+,23-,25+,26-,29+/m0/s1. The van der Waals surface area contributed by atoms with Gasteiger partial charge in [-0.05, 0) is 82.3 Å². The van der Waals surface area contributed by atoms with Gasteiger partial charge in [-0.3, -0.25) is 4.79 Å². The molecule has 2 N–H and O–H groups in total. The first kappa shape index (κ1) is 28.5. The van der Waals surface area contributed by atoms with Crippen molar-refractivity contribution in [2.75, 3.05) is 13.2 Å². The third-order valence-corrected chi connectivity index (χ3v) is 7.43. The second-order valence-electron chi connectivity index (χ2n) is 10.7. The lowest BCUT2D eigenvalue weighted by molar-refractivity contribution is -0.248. The van der Waals surface area contributed by atoms with Crippen LogP contribution >= 0.6 is 0 Å².